The van der Waals surface area contributed by atoms with Crippen molar-refractivity contribution in [2.45, 2.75) is 0 Å². The van der Waals surface area contributed by atoms with Gasteiger partial charge in [-0.15, -0.1) is 0 Å². The minimum Gasteiger partial charge on any atom is -0.305 e. The molecule has 3 aromatic rings. The molecule has 0 aliphatic rings. The van der Waals surface area contributed by atoms with E-state index in [0.29, 0.717) is 16.5 Å². The number of aromatic nitrogens is 2. The highest BCUT2D eigenvalue weighted by molar-refractivity contribution is 14.1. The first-order valence-corrected chi connectivity index (χ1v) is 7.62. The van der Waals surface area contributed by atoms with Gasteiger partial charge in [-0.2, -0.15) is 5.26 Å². The van der Waals surface area contributed by atoms with Crippen molar-refractivity contribution in [3.8, 4) is 6.07 Å². The molecule has 0 radical (unpaired) electrons. The molecule has 1 aromatic heterocycles. The first-order valence-electron chi connectivity index (χ1n) is 6.55. The molecule has 3 rings (SSSR count). The van der Waals surface area contributed by atoms with E-state index in [4.69, 9.17) is 0 Å². The quantitative estimate of drug-likeness (QED) is 0.529. The summed E-state index contributed by atoms with van der Waals surface area (Å²) in [7, 11) is 0. The van der Waals surface area contributed by atoms with Gasteiger partial charge in [-0.3, -0.25) is 4.79 Å². The number of H-pyrrole nitrogens is 1. The van der Waals surface area contributed by atoms with Crippen molar-refractivity contribution >= 4 is 45.1 Å². The van der Waals surface area contributed by atoms with Crippen LogP contribution in [0.1, 0.15) is 11.4 Å². The number of para-hydroxylation sites is 1. The fraction of sp³-hybridized carbons (Fsp3) is 0. The topological polar surface area (TPSA) is 69.5 Å². The molecule has 0 aliphatic carbocycles. The predicted molar refractivity (Wildman–Crippen MR) is 95.0 cm³/mol. The number of rotatable bonds is 2. The zero-order valence-electron chi connectivity index (χ0n) is 11.4. The van der Waals surface area contributed by atoms with E-state index in [-0.39, 0.29) is 11.4 Å². The molecule has 0 spiro atoms. The number of halogens is 1. The monoisotopic (exact) mass is 399 g/mol. The van der Waals surface area contributed by atoms with E-state index in [0.717, 1.165) is 9.13 Å². The Balaban J connectivity index is 2.18. The highest BCUT2D eigenvalue weighted by Gasteiger charge is 2.08. The van der Waals surface area contributed by atoms with Gasteiger partial charge in [0.25, 0.3) is 5.56 Å². The summed E-state index contributed by atoms with van der Waals surface area (Å²) in [5, 5.41) is 9.92. The van der Waals surface area contributed by atoms with Crippen molar-refractivity contribution in [1.29, 1.82) is 5.26 Å². The van der Waals surface area contributed by atoms with Crippen LogP contribution < -0.4 is 5.56 Å². The maximum atomic E-state index is 12.1. The lowest BCUT2D eigenvalue weighted by Gasteiger charge is -2.03. The Kier molecular flexibility index (Phi) is 4.02. The van der Waals surface area contributed by atoms with E-state index in [2.05, 4.69) is 38.6 Å². The summed E-state index contributed by atoms with van der Waals surface area (Å²) in [5.74, 6) is 0.283. The molecule has 106 valence electrons. The third-order valence-corrected chi connectivity index (χ3v) is 4.18. The number of nitrogens with one attached hydrogen (secondary N) is 1. The third-order valence-electron chi connectivity index (χ3n) is 3.19. The zero-order chi connectivity index (χ0) is 15.5. The molecule has 0 saturated carbocycles. The lowest BCUT2D eigenvalue weighted by Crippen LogP contribution is -2.11. The second-order valence-corrected chi connectivity index (χ2v) is 5.79. The van der Waals surface area contributed by atoms with E-state index >= 15 is 0 Å². The lowest BCUT2D eigenvalue weighted by atomic mass is 10.1. The van der Waals surface area contributed by atoms with Crippen molar-refractivity contribution in [2.24, 2.45) is 0 Å². The summed E-state index contributed by atoms with van der Waals surface area (Å²) in [6.07, 6.45) is 1.73. The van der Waals surface area contributed by atoms with Gasteiger partial charge in [0, 0.05) is 3.57 Å². The van der Waals surface area contributed by atoms with Crippen LogP contribution >= 0.6 is 22.6 Å². The van der Waals surface area contributed by atoms with Crippen molar-refractivity contribution in [3.63, 3.8) is 0 Å². The SMILES string of the molecule is N#CC(=Cc1ccccc1I)c1nc2ccccc2c(=O)[nH]1. The minimum absolute atomic E-state index is 0.246. The van der Waals surface area contributed by atoms with Gasteiger partial charge in [0.1, 0.15) is 6.07 Å². The molecule has 1 heterocycles. The van der Waals surface area contributed by atoms with Gasteiger partial charge in [-0.25, -0.2) is 4.98 Å². The van der Waals surface area contributed by atoms with Crippen LogP contribution in [0, 0.1) is 14.9 Å². The average Bonchev–Trinajstić information content (AvgIpc) is 2.54. The summed E-state index contributed by atoms with van der Waals surface area (Å²) in [5.41, 5.74) is 1.57. The van der Waals surface area contributed by atoms with Crippen molar-refractivity contribution in [1.82, 2.24) is 9.97 Å². The van der Waals surface area contributed by atoms with E-state index < -0.39 is 0 Å². The van der Waals surface area contributed by atoms with Crippen LogP contribution in [0.2, 0.25) is 0 Å². The van der Waals surface area contributed by atoms with Crippen LogP contribution in [-0.2, 0) is 0 Å². The zero-order valence-corrected chi connectivity index (χ0v) is 13.5. The molecular formula is C17H10IN3O. The van der Waals surface area contributed by atoms with Crippen molar-refractivity contribution in [3.05, 3.63) is 73.8 Å². The summed E-state index contributed by atoms with van der Waals surface area (Å²) in [4.78, 5) is 19.2. The number of nitrogens with zero attached hydrogens (tertiary/aromatic N) is 2. The first kappa shape index (κ1) is 14.5. The number of benzene rings is 2. The Labute approximate surface area is 140 Å². The molecule has 0 saturated heterocycles. The second-order valence-electron chi connectivity index (χ2n) is 4.62. The number of aromatic amines is 1. The molecule has 2 aromatic carbocycles. The molecule has 5 heteroatoms. The van der Waals surface area contributed by atoms with Crippen LogP contribution in [-0.4, -0.2) is 9.97 Å². The molecular weight excluding hydrogens is 389 g/mol. The molecule has 0 aliphatic heterocycles. The Morgan fingerprint density at radius 1 is 1.18 bits per heavy atom. The van der Waals surface area contributed by atoms with Gasteiger partial charge < -0.3 is 4.98 Å². The van der Waals surface area contributed by atoms with E-state index in [1.54, 1.807) is 24.3 Å². The predicted octanol–water partition coefficient (Wildman–Crippen LogP) is 3.59. The maximum Gasteiger partial charge on any atom is 0.259 e. The number of nitriles is 1. The number of hydrogen-bond acceptors (Lipinski definition) is 3. The maximum absolute atomic E-state index is 12.1. The van der Waals surface area contributed by atoms with Gasteiger partial charge in [0.05, 0.1) is 16.5 Å². The van der Waals surface area contributed by atoms with Gasteiger partial charge in [0.2, 0.25) is 0 Å². The molecule has 0 unspecified atom stereocenters. The van der Waals surface area contributed by atoms with Gasteiger partial charge in [-0.05, 0) is 52.4 Å². The fourth-order valence-corrected chi connectivity index (χ4v) is 2.66. The molecule has 0 atom stereocenters. The van der Waals surface area contributed by atoms with E-state index in [1.807, 2.05) is 30.3 Å². The normalized spacial score (nSPS) is 11.4. The Morgan fingerprint density at radius 3 is 2.68 bits per heavy atom. The molecule has 0 fully saturated rings. The smallest absolute Gasteiger partial charge is 0.259 e. The Bertz CT molecular complexity index is 983. The van der Waals surface area contributed by atoms with Gasteiger partial charge in [-0.1, -0.05) is 30.3 Å². The highest BCUT2D eigenvalue weighted by atomic mass is 127. The largest absolute Gasteiger partial charge is 0.305 e. The molecule has 4 nitrogen and oxygen atoms in total. The van der Waals surface area contributed by atoms with Gasteiger partial charge >= 0.3 is 0 Å². The average molecular weight is 399 g/mol. The summed E-state index contributed by atoms with van der Waals surface area (Å²) in [6.45, 7) is 0. The number of allylic oxidation sites excluding steroid dienone is 1. The molecule has 0 amide bonds. The van der Waals surface area contributed by atoms with Crippen molar-refractivity contribution < 1.29 is 0 Å². The molecule has 0 bridgehead atoms. The molecule has 22 heavy (non-hydrogen) atoms. The van der Waals surface area contributed by atoms with Crippen LogP contribution in [0.3, 0.4) is 0 Å². The first-order chi connectivity index (χ1) is 10.7. The van der Waals surface area contributed by atoms with Crippen LogP contribution in [0.5, 0.6) is 0 Å². The summed E-state index contributed by atoms with van der Waals surface area (Å²) in [6, 6.07) is 16.9. The highest BCUT2D eigenvalue weighted by Crippen LogP contribution is 2.19. The summed E-state index contributed by atoms with van der Waals surface area (Å²) >= 11 is 2.20. The Hall–Kier alpha value is -2.46. The van der Waals surface area contributed by atoms with E-state index in [1.165, 1.54) is 0 Å². The van der Waals surface area contributed by atoms with Crippen LogP contribution in [0.25, 0.3) is 22.6 Å². The third kappa shape index (κ3) is 2.78. The summed E-state index contributed by atoms with van der Waals surface area (Å²) < 4.78 is 1.02. The van der Waals surface area contributed by atoms with Crippen LogP contribution in [0.15, 0.2) is 53.3 Å². The Morgan fingerprint density at radius 2 is 1.91 bits per heavy atom. The minimum atomic E-state index is -0.246. The second kappa shape index (κ2) is 6.12. The number of hydrogen-bond donors (Lipinski definition) is 1. The fourth-order valence-electron chi connectivity index (χ4n) is 2.12. The standard InChI is InChI=1S/C17H10IN3O/c18-14-7-3-1-5-11(14)9-12(10-19)16-20-15-8-4-2-6-13(15)17(22)21-16/h1-9H,(H,20,21,22). The molecule has 1 N–H and O–H groups in total. The van der Waals surface area contributed by atoms with Gasteiger partial charge in [0.15, 0.2) is 5.82 Å². The van der Waals surface area contributed by atoms with E-state index in [9.17, 15) is 10.1 Å². The lowest BCUT2D eigenvalue weighted by molar-refractivity contribution is 1.13. The number of fused-ring (bicyclic) bond motifs is 1. The van der Waals surface area contributed by atoms with Crippen LogP contribution in [0.4, 0.5) is 0 Å². The van der Waals surface area contributed by atoms with Crippen molar-refractivity contribution in [2.75, 3.05) is 0 Å².